The van der Waals surface area contributed by atoms with Gasteiger partial charge in [0.2, 0.25) is 16.0 Å². The van der Waals surface area contributed by atoms with E-state index in [1.54, 1.807) is 29.1 Å². The standard InChI is InChI=1S/C28H35N9O4S2/c1-41-23-17-19(18-6-10-35(11-7-18)36-12-14-37(15-13-36)43(2,39)40)3-4-21(23)32-28-33-26-20(5-9-30-26)27(34-28)31-22-8-16-42-24(22)25(29)38/h3-5,8-9,16-18H,6-7,10-15H2,1-2H3,(H2,29,38)(H3,30,31,32,33,34). The third-order valence-electron chi connectivity index (χ3n) is 8.06. The van der Waals surface area contributed by atoms with Gasteiger partial charge in [0.25, 0.3) is 5.91 Å². The Labute approximate surface area is 254 Å². The van der Waals surface area contributed by atoms with Crippen LogP contribution in [0.2, 0.25) is 0 Å². The lowest BCUT2D eigenvalue weighted by molar-refractivity contribution is -0.0606. The van der Waals surface area contributed by atoms with Crippen LogP contribution in [0.3, 0.4) is 0 Å². The van der Waals surface area contributed by atoms with Crippen LogP contribution in [0.4, 0.5) is 23.1 Å². The molecule has 4 aromatic rings. The molecular weight excluding hydrogens is 591 g/mol. The smallest absolute Gasteiger partial charge is 0.260 e. The lowest BCUT2D eigenvalue weighted by Gasteiger charge is -2.43. The van der Waals surface area contributed by atoms with Gasteiger partial charge in [-0.2, -0.15) is 14.3 Å². The second kappa shape index (κ2) is 12.1. The van der Waals surface area contributed by atoms with Gasteiger partial charge in [0.1, 0.15) is 22.1 Å². The minimum atomic E-state index is -3.14. The minimum absolute atomic E-state index is 0.364. The molecule has 5 heterocycles. The Morgan fingerprint density at radius 1 is 1.02 bits per heavy atom. The number of piperazine rings is 1. The van der Waals surface area contributed by atoms with Crippen molar-refractivity contribution in [1.29, 1.82) is 0 Å². The number of hydrogen-bond donors (Lipinski definition) is 4. The molecule has 3 aromatic heterocycles. The van der Waals surface area contributed by atoms with Crippen LogP contribution in [0.5, 0.6) is 5.75 Å². The molecule has 0 saturated carbocycles. The highest BCUT2D eigenvalue weighted by Crippen LogP contribution is 2.36. The fourth-order valence-electron chi connectivity index (χ4n) is 5.78. The molecule has 228 valence electrons. The van der Waals surface area contributed by atoms with Crippen LogP contribution in [0, 0.1) is 0 Å². The van der Waals surface area contributed by atoms with Crippen molar-refractivity contribution in [1.82, 2.24) is 29.3 Å². The molecule has 1 aromatic carbocycles. The van der Waals surface area contributed by atoms with E-state index < -0.39 is 15.9 Å². The average Bonchev–Trinajstić information content (AvgIpc) is 3.67. The fraction of sp³-hybridized carbons (Fsp3) is 0.393. The Bertz CT molecular complexity index is 1720. The second-order valence-electron chi connectivity index (χ2n) is 10.7. The molecule has 0 bridgehead atoms. The number of anilines is 4. The number of piperidine rings is 1. The molecule has 6 rings (SSSR count). The van der Waals surface area contributed by atoms with Crippen LogP contribution < -0.4 is 21.1 Å². The van der Waals surface area contributed by atoms with Gasteiger partial charge in [0.15, 0.2) is 0 Å². The van der Waals surface area contributed by atoms with E-state index in [2.05, 4.69) is 42.8 Å². The molecule has 5 N–H and O–H groups in total. The van der Waals surface area contributed by atoms with Crippen LogP contribution in [-0.2, 0) is 10.0 Å². The molecule has 0 unspecified atom stereocenters. The average molecular weight is 626 g/mol. The topological polar surface area (TPSA) is 162 Å². The summed E-state index contributed by atoms with van der Waals surface area (Å²) in [5.41, 5.74) is 8.71. The summed E-state index contributed by atoms with van der Waals surface area (Å²) in [6.07, 6.45) is 5.06. The first kappa shape index (κ1) is 29.3. The highest BCUT2D eigenvalue weighted by molar-refractivity contribution is 7.88. The summed E-state index contributed by atoms with van der Waals surface area (Å²) >= 11 is 1.27. The van der Waals surface area contributed by atoms with E-state index in [0.717, 1.165) is 50.1 Å². The summed E-state index contributed by atoms with van der Waals surface area (Å²) in [6, 6.07) is 9.85. The summed E-state index contributed by atoms with van der Waals surface area (Å²) in [5, 5.41) is 13.8. The highest BCUT2D eigenvalue weighted by atomic mass is 32.2. The van der Waals surface area contributed by atoms with Gasteiger partial charge in [-0.15, -0.1) is 11.3 Å². The molecule has 1 amide bonds. The Balaban J connectivity index is 1.14. The van der Waals surface area contributed by atoms with E-state index in [9.17, 15) is 13.2 Å². The predicted octanol–water partition coefficient (Wildman–Crippen LogP) is 3.29. The zero-order valence-corrected chi connectivity index (χ0v) is 25.7. The molecule has 2 saturated heterocycles. The number of ether oxygens (including phenoxy) is 1. The number of sulfonamides is 1. The summed E-state index contributed by atoms with van der Waals surface area (Å²) < 4.78 is 31.0. The van der Waals surface area contributed by atoms with Crippen LogP contribution >= 0.6 is 11.3 Å². The van der Waals surface area contributed by atoms with Gasteiger partial charge in [-0.05, 0) is 54.0 Å². The molecule has 0 radical (unpaired) electrons. The van der Waals surface area contributed by atoms with Crippen LogP contribution in [0.15, 0.2) is 41.9 Å². The monoisotopic (exact) mass is 625 g/mol. The van der Waals surface area contributed by atoms with Gasteiger partial charge in [-0.25, -0.2) is 18.4 Å². The minimum Gasteiger partial charge on any atom is -0.495 e. The molecule has 0 atom stereocenters. The van der Waals surface area contributed by atoms with E-state index >= 15 is 0 Å². The first-order valence-corrected chi connectivity index (χ1v) is 16.8. The van der Waals surface area contributed by atoms with E-state index in [1.165, 1.54) is 23.2 Å². The zero-order chi connectivity index (χ0) is 30.1. The van der Waals surface area contributed by atoms with Crippen LogP contribution in [0.25, 0.3) is 11.0 Å². The number of benzene rings is 1. The van der Waals surface area contributed by atoms with Gasteiger partial charge in [-0.1, -0.05) is 6.07 Å². The van der Waals surface area contributed by atoms with Crippen molar-refractivity contribution >= 4 is 61.4 Å². The molecule has 0 spiro atoms. The van der Waals surface area contributed by atoms with E-state index in [-0.39, 0.29) is 0 Å². The number of nitrogens with two attached hydrogens (primary N) is 1. The first-order chi connectivity index (χ1) is 20.7. The molecule has 2 fully saturated rings. The van der Waals surface area contributed by atoms with Gasteiger partial charge < -0.3 is 26.1 Å². The lowest BCUT2D eigenvalue weighted by atomic mass is 9.89. The fourth-order valence-corrected chi connectivity index (χ4v) is 7.31. The van der Waals surface area contributed by atoms with Crippen molar-refractivity contribution in [2.75, 3.05) is 63.3 Å². The van der Waals surface area contributed by atoms with E-state index in [4.69, 9.17) is 15.5 Å². The van der Waals surface area contributed by atoms with Crippen molar-refractivity contribution in [2.45, 2.75) is 18.8 Å². The molecule has 43 heavy (non-hydrogen) atoms. The first-order valence-electron chi connectivity index (χ1n) is 14.1. The highest BCUT2D eigenvalue weighted by Gasteiger charge is 2.30. The number of methoxy groups -OCH3 is 1. The SMILES string of the molecule is COc1cc(C2CCN(N3CCN(S(C)(=O)=O)CC3)CC2)ccc1Nc1nc(Nc2ccsc2C(N)=O)c2cc[nH]c2n1. The number of hydrazine groups is 1. The number of rotatable bonds is 9. The quantitative estimate of drug-likeness (QED) is 0.217. The Kier molecular flexibility index (Phi) is 8.24. The maximum Gasteiger partial charge on any atom is 0.260 e. The molecule has 0 aliphatic carbocycles. The van der Waals surface area contributed by atoms with Crippen LogP contribution in [-0.4, -0.2) is 96.2 Å². The molecule has 2 aliphatic rings. The number of thiophene rings is 1. The van der Waals surface area contributed by atoms with Crippen molar-refractivity contribution in [2.24, 2.45) is 5.73 Å². The number of fused-ring (bicyclic) bond motifs is 1. The van der Waals surface area contributed by atoms with Crippen LogP contribution in [0.1, 0.15) is 34.0 Å². The second-order valence-corrected chi connectivity index (χ2v) is 13.6. The number of hydrogen-bond acceptors (Lipinski definition) is 11. The number of aromatic amines is 1. The summed E-state index contributed by atoms with van der Waals surface area (Å²) in [7, 11) is -1.49. The van der Waals surface area contributed by atoms with E-state index in [0.29, 0.717) is 52.7 Å². The van der Waals surface area contributed by atoms with Crippen molar-refractivity contribution in [3.8, 4) is 5.75 Å². The number of carbonyl (C=O) groups is 1. The van der Waals surface area contributed by atoms with Crippen molar-refractivity contribution in [3.63, 3.8) is 0 Å². The summed E-state index contributed by atoms with van der Waals surface area (Å²) in [5.74, 6) is 1.48. The van der Waals surface area contributed by atoms with Gasteiger partial charge in [-0.3, -0.25) is 4.79 Å². The number of carbonyl (C=O) groups excluding carboxylic acids is 1. The van der Waals surface area contributed by atoms with E-state index in [1.807, 2.05) is 12.1 Å². The zero-order valence-electron chi connectivity index (χ0n) is 24.0. The largest absolute Gasteiger partial charge is 0.495 e. The summed E-state index contributed by atoms with van der Waals surface area (Å²) in [6.45, 7) is 4.36. The Morgan fingerprint density at radius 2 is 1.77 bits per heavy atom. The Morgan fingerprint density at radius 3 is 2.47 bits per heavy atom. The summed E-state index contributed by atoms with van der Waals surface area (Å²) in [4.78, 5) is 24.7. The number of nitrogens with zero attached hydrogens (tertiary/aromatic N) is 5. The van der Waals surface area contributed by atoms with Gasteiger partial charge >= 0.3 is 0 Å². The van der Waals surface area contributed by atoms with Gasteiger partial charge in [0, 0.05) is 45.5 Å². The predicted molar refractivity (Wildman–Crippen MR) is 168 cm³/mol. The molecular formula is C28H35N9O4S2. The lowest BCUT2D eigenvalue weighted by Crippen LogP contribution is -2.56. The molecule has 13 nitrogen and oxygen atoms in total. The number of amides is 1. The number of H-pyrrole nitrogens is 1. The normalized spacial score (nSPS) is 17.7. The third kappa shape index (κ3) is 6.31. The maximum absolute atomic E-state index is 11.8. The maximum atomic E-state index is 11.8. The number of aromatic nitrogens is 3. The van der Waals surface area contributed by atoms with Gasteiger partial charge in [0.05, 0.1) is 30.1 Å². The van der Waals surface area contributed by atoms with Crippen molar-refractivity contribution < 1.29 is 17.9 Å². The number of nitrogens with one attached hydrogen (secondary N) is 3. The molecule has 2 aliphatic heterocycles. The number of primary amides is 1. The Hall–Kier alpha value is -3.76. The third-order valence-corrected chi connectivity index (χ3v) is 10.3. The molecule has 15 heteroatoms. The van der Waals surface area contributed by atoms with Crippen molar-refractivity contribution in [3.05, 3.63) is 52.3 Å².